The van der Waals surface area contributed by atoms with Gasteiger partial charge in [-0.1, -0.05) is 12.1 Å². The summed E-state index contributed by atoms with van der Waals surface area (Å²) >= 11 is 1.42. The number of hydrogen-bond donors (Lipinski definition) is 1. The lowest BCUT2D eigenvalue weighted by Crippen LogP contribution is -2.12. The predicted molar refractivity (Wildman–Crippen MR) is 78.8 cm³/mol. The molecule has 0 saturated carbocycles. The topological polar surface area (TPSA) is 59.9 Å². The van der Waals surface area contributed by atoms with Crippen LogP contribution in [-0.4, -0.2) is 21.9 Å². The first-order valence-corrected chi connectivity index (χ1v) is 6.94. The SMILES string of the molecule is COc1cccc(-c2csc(-n3[nH]c(C)cc3=O)n2)c1. The number of benzene rings is 1. The molecule has 0 fully saturated rings. The third-order valence-electron chi connectivity index (χ3n) is 2.90. The van der Waals surface area contributed by atoms with Crippen LogP contribution in [0.15, 0.2) is 40.5 Å². The van der Waals surface area contributed by atoms with Gasteiger partial charge in [0.1, 0.15) is 5.75 Å². The first kappa shape index (κ1) is 12.7. The molecule has 6 heteroatoms. The van der Waals surface area contributed by atoms with Gasteiger partial charge in [0.05, 0.1) is 12.8 Å². The first-order valence-electron chi connectivity index (χ1n) is 6.06. The molecule has 0 aliphatic heterocycles. The molecule has 2 aromatic heterocycles. The molecule has 0 saturated heterocycles. The van der Waals surface area contributed by atoms with Crippen LogP contribution >= 0.6 is 11.3 Å². The van der Waals surface area contributed by atoms with Crippen molar-refractivity contribution in [3.63, 3.8) is 0 Å². The number of nitrogens with zero attached hydrogens (tertiary/aromatic N) is 2. The molecule has 0 aliphatic carbocycles. The van der Waals surface area contributed by atoms with Crippen LogP contribution in [0.1, 0.15) is 5.69 Å². The van der Waals surface area contributed by atoms with E-state index in [2.05, 4.69) is 10.1 Å². The van der Waals surface area contributed by atoms with Crippen molar-refractivity contribution in [3.8, 4) is 22.1 Å². The van der Waals surface area contributed by atoms with Gasteiger partial charge in [-0.05, 0) is 19.1 Å². The Bertz CT molecular complexity index is 801. The van der Waals surface area contributed by atoms with Crippen LogP contribution in [0, 0.1) is 6.92 Å². The highest BCUT2D eigenvalue weighted by atomic mass is 32.1. The highest BCUT2D eigenvalue weighted by molar-refractivity contribution is 7.12. The molecule has 0 aliphatic rings. The van der Waals surface area contributed by atoms with Gasteiger partial charge in [-0.3, -0.25) is 9.89 Å². The van der Waals surface area contributed by atoms with Gasteiger partial charge in [0.2, 0.25) is 5.13 Å². The van der Waals surface area contributed by atoms with Crippen molar-refractivity contribution < 1.29 is 4.74 Å². The van der Waals surface area contributed by atoms with E-state index in [9.17, 15) is 4.79 Å². The Labute approximate surface area is 119 Å². The molecule has 2 heterocycles. The Morgan fingerprint density at radius 3 is 2.90 bits per heavy atom. The van der Waals surface area contributed by atoms with E-state index in [0.29, 0.717) is 5.13 Å². The van der Waals surface area contributed by atoms with E-state index in [0.717, 1.165) is 22.7 Å². The fourth-order valence-corrected chi connectivity index (χ4v) is 2.74. The van der Waals surface area contributed by atoms with Gasteiger partial charge in [-0.25, -0.2) is 4.98 Å². The molecular weight excluding hydrogens is 274 g/mol. The van der Waals surface area contributed by atoms with E-state index in [1.54, 1.807) is 13.2 Å². The highest BCUT2D eigenvalue weighted by Gasteiger charge is 2.09. The molecule has 5 nitrogen and oxygen atoms in total. The number of methoxy groups -OCH3 is 1. The Morgan fingerprint density at radius 1 is 1.35 bits per heavy atom. The van der Waals surface area contributed by atoms with Crippen molar-refractivity contribution in [2.75, 3.05) is 7.11 Å². The Balaban J connectivity index is 2.01. The number of nitrogens with one attached hydrogen (secondary N) is 1. The van der Waals surface area contributed by atoms with Crippen LogP contribution in [0.3, 0.4) is 0 Å². The number of hydrogen-bond acceptors (Lipinski definition) is 4. The van der Waals surface area contributed by atoms with Crippen LogP contribution in [0.4, 0.5) is 0 Å². The second-order valence-electron chi connectivity index (χ2n) is 4.36. The quantitative estimate of drug-likeness (QED) is 0.805. The van der Waals surface area contributed by atoms with Gasteiger partial charge in [0.15, 0.2) is 0 Å². The van der Waals surface area contributed by atoms with E-state index >= 15 is 0 Å². The van der Waals surface area contributed by atoms with Crippen molar-refractivity contribution in [1.82, 2.24) is 14.8 Å². The van der Waals surface area contributed by atoms with Crippen LogP contribution in [0.2, 0.25) is 0 Å². The molecule has 0 bridgehead atoms. The number of thiazole rings is 1. The molecule has 1 N–H and O–H groups in total. The summed E-state index contributed by atoms with van der Waals surface area (Å²) in [6.07, 6.45) is 0. The lowest BCUT2D eigenvalue weighted by molar-refractivity contribution is 0.415. The summed E-state index contributed by atoms with van der Waals surface area (Å²) in [6.45, 7) is 1.84. The molecule has 20 heavy (non-hydrogen) atoms. The number of H-pyrrole nitrogens is 1. The minimum Gasteiger partial charge on any atom is -0.497 e. The summed E-state index contributed by atoms with van der Waals surface area (Å²) in [5.41, 5.74) is 2.49. The van der Waals surface area contributed by atoms with E-state index in [1.165, 1.54) is 16.0 Å². The summed E-state index contributed by atoms with van der Waals surface area (Å²) in [5.74, 6) is 0.782. The third-order valence-corrected chi connectivity index (χ3v) is 3.72. The zero-order valence-electron chi connectivity index (χ0n) is 11.1. The van der Waals surface area contributed by atoms with E-state index < -0.39 is 0 Å². The molecule has 0 spiro atoms. The molecule has 102 valence electrons. The van der Waals surface area contributed by atoms with Crippen molar-refractivity contribution in [1.29, 1.82) is 0 Å². The van der Waals surface area contributed by atoms with Gasteiger partial charge in [0, 0.05) is 22.7 Å². The zero-order valence-corrected chi connectivity index (χ0v) is 11.9. The van der Waals surface area contributed by atoms with Crippen molar-refractivity contribution in [3.05, 3.63) is 51.8 Å². The summed E-state index contributed by atoms with van der Waals surface area (Å²) in [6, 6.07) is 9.23. The Morgan fingerprint density at radius 2 is 2.20 bits per heavy atom. The molecule has 0 unspecified atom stereocenters. The Hall–Kier alpha value is -2.34. The molecule has 0 atom stereocenters. The van der Waals surface area contributed by atoms with Crippen molar-refractivity contribution in [2.45, 2.75) is 6.92 Å². The van der Waals surface area contributed by atoms with Crippen LogP contribution in [0.5, 0.6) is 5.75 Å². The third kappa shape index (κ3) is 2.25. The van der Waals surface area contributed by atoms with E-state index in [4.69, 9.17) is 4.74 Å². The second-order valence-corrected chi connectivity index (χ2v) is 5.20. The van der Waals surface area contributed by atoms with Gasteiger partial charge in [-0.15, -0.1) is 11.3 Å². The molecular formula is C14H13N3O2S. The average molecular weight is 287 g/mol. The number of rotatable bonds is 3. The van der Waals surface area contributed by atoms with Gasteiger partial charge >= 0.3 is 0 Å². The maximum atomic E-state index is 11.8. The fourth-order valence-electron chi connectivity index (χ4n) is 1.94. The average Bonchev–Trinajstić information content (AvgIpc) is 3.05. The predicted octanol–water partition coefficient (Wildman–Crippen LogP) is 2.61. The van der Waals surface area contributed by atoms with Crippen molar-refractivity contribution in [2.24, 2.45) is 0 Å². The number of aromatic amines is 1. The number of aromatic nitrogens is 3. The summed E-state index contributed by atoms with van der Waals surface area (Å²) in [4.78, 5) is 16.3. The van der Waals surface area contributed by atoms with Crippen LogP contribution in [-0.2, 0) is 0 Å². The summed E-state index contributed by atoms with van der Waals surface area (Å²) in [7, 11) is 1.63. The number of ether oxygens (including phenoxy) is 1. The van der Waals surface area contributed by atoms with Gasteiger partial charge in [-0.2, -0.15) is 4.68 Å². The minimum atomic E-state index is -0.103. The Kier molecular flexibility index (Phi) is 3.15. The lowest BCUT2D eigenvalue weighted by Gasteiger charge is -2.01. The summed E-state index contributed by atoms with van der Waals surface area (Å²) in [5, 5.41) is 5.52. The lowest BCUT2D eigenvalue weighted by atomic mass is 10.2. The normalized spacial score (nSPS) is 10.7. The smallest absolute Gasteiger partial charge is 0.273 e. The van der Waals surface area contributed by atoms with Gasteiger partial charge in [0.25, 0.3) is 5.56 Å². The molecule has 1 aromatic carbocycles. The van der Waals surface area contributed by atoms with E-state index in [-0.39, 0.29) is 5.56 Å². The number of aryl methyl sites for hydroxylation is 1. The molecule has 3 aromatic rings. The van der Waals surface area contributed by atoms with Crippen LogP contribution in [0.25, 0.3) is 16.4 Å². The fraction of sp³-hybridized carbons (Fsp3) is 0.143. The molecule has 3 rings (SSSR count). The minimum absolute atomic E-state index is 0.103. The molecule has 0 radical (unpaired) electrons. The maximum absolute atomic E-state index is 11.8. The second kappa shape index (κ2) is 4.97. The van der Waals surface area contributed by atoms with Gasteiger partial charge < -0.3 is 4.74 Å². The zero-order chi connectivity index (χ0) is 14.1. The highest BCUT2D eigenvalue weighted by Crippen LogP contribution is 2.26. The van der Waals surface area contributed by atoms with E-state index in [1.807, 2.05) is 36.6 Å². The largest absolute Gasteiger partial charge is 0.497 e. The monoisotopic (exact) mass is 287 g/mol. The standard InChI is InChI=1S/C14H13N3O2S/c1-9-6-13(18)17(16-9)14-15-12(8-20-14)10-4-3-5-11(7-10)19-2/h3-8,16H,1-2H3. The summed E-state index contributed by atoms with van der Waals surface area (Å²) < 4.78 is 6.65. The maximum Gasteiger partial charge on any atom is 0.273 e. The van der Waals surface area contributed by atoms with Crippen LogP contribution < -0.4 is 10.3 Å². The molecule has 0 amide bonds. The first-order chi connectivity index (χ1) is 9.67. The van der Waals surface area contributed by atoms with Crippen molar-refractivity contribution >= 4 is 11.3 Å².